The lowest BCUT2D eigenvalue weighted by Crippen LogP contribution is -2.10. The second kappa shape index (κ2) is 4.95. The average Bonchev–Trinajstić information content (AvgIpc) is 2.99. The van der Waals surface area contributed by atoms with E-state index in [0.717, 1.165) is 22.0 Å². The van der Waals surface area contributed by atoms with Gasteiger partial charge in [-0.2, -0.15) is 0 Å². The monoisotopic (exact) mass is 301 g/mol. The van der Waals surface area contributed by atoms with Gasteiger partial charge in [0.25, 0.3) is 0 Å². The fourth-order valence-corrected chi connectivity index (χ4v) is 2.89. The van der Waals surface area contributed by atoms with Gasteiger partial charge in [-0.15, -0.1) is 0 Å². The summed E-state index contributed by atoms with van der Waals surface area (Å²) in [4.78, 5) is 4.66. The van der Waals surface area contributed by atoms with Gasteiger partial charge in [-0.3, -0.25) is 0 Å². The zero-order chi connectivity index (χ0) is 16.0. The molecule has 0 atom stereocenters. The molecule has 3 aromatic carbocycles. The van der Waals surface area contributed by atoms with Crippen LogP contribution in [0.3, 0.4) is 0 Å². The molecule has 0 bridgehead atoms. The van der Waals surface area contributed by atoms with E-state index in [-0.39, 0.29) is 5.41 Å². The van der Waals surface area contributed by atoms with Crippen LogP contribution in [0.25, 0.3) is 33.3 Å². The van der Waals surface area contributed by atoms with Crippen LogP contribution in [0.1, 0.15) is 26.3 Å². The molecule has 0 aliphatic carbocycles. The maximum atomic E-state index is 6.08. The van der Waals surface area contributed by atoms with Crippen LogP contribution in [0.5, 0.6) is 0 Å². The molecule has 0 fully saturated rings. The molecule has 1 aromatic heterocycles. The zero-order valence-corrected chi connectivity index (χ0v) is 13.6. The van der Waals surface area contributed by atoms with Crippen molar-refractivity contribution in [3.63, 3.8) is 0 Å². The van der Waals surface area contributed by atoms with E-state index in [2.05, 4.69) is 68.2 Å². The van der Waals surface area contributed by atoms with Gasteiger partial charge in [-0.1, -0.05) is 63.2 Å². The van der Waals surface area contributed by atoms with Crippen molar-refractivity contribution in [1.82, 2.24) is 4.98 Å². The highest BCUT2D eigenvalue weighted by Crippen LogP contribution is 2.31. The molecule has 4 rings (SSSR count). The van der Waals surface area contributed by atoms with Crippen LogP contribution in [-0.4, -0.2) is 4.98 Å². The van der Waals surface area contributed by atoms with Crippen LogP contribution in [0, 0.1) is 0 Å². The molecule has 0 saturated carbocycles. The third-order valence-corrected chi connectivity index (χ3v) is 4.28. The number of nitrogens with zero attached hydrogens (tertiary/aromatic N) is 1. The van der Waals surface area contributed by atoms with Gasteiger partial charge < -0.3 is 4.42 Å². The third kappa shape index (κ3) is 2.40. The second-order valence-electron chi connectivity index (χ2n) is 6.98. The summed E-state index contributed by atoms with van der Waals surface area (Å²) in [6.07, 6.45) is 0. The molecule has 4 aromatic rings. The first-order chi connectivity index (χ1) is 11.0. The normalized spacial score (nSPS) is 12.1. The van der Waals surface area contributed by atoms with Crippen molar-refractivity contribution in [2.45, 2.75) is 26.2 Å². The summed E-state index contributed by atoms with van der Waals surface area (Å²) in [5.41, 5.74) is 4.23. The summed E-state index contributed by atoms with van der Waals surface area (Å²) in [5, 5.41) is 2.28. The second-order valence-corrected chi connectivity index (χ2v) is 6.98. The first-order valence-corrected chi connectivity index (χ1v) is 7.91. The molecule has 0 aliphatic rings. The number of rotatable bonds is 1. The van der Waals surface area contributed by atoms with Crippen LogP contribution in [0.15, 0.2) is 65.1 Å². The molecule has 2 nitrogen and oxygen atoms in total. The summed E-state index contributed by atoms with van der Waals surface area (Å²) in [6.45, 7) is 6.65. The quantitative estimate of drug-likeness (QED) is 0.434. The summed E-state index contributed by atoms with van der Waals surface area (Å²) in [7, 11) is 0. The summed E-state index contributed by atoms with van der Waals surface area (Å²) >= 11 is 0. The maximum Gasteiger partial charge on any atom is 0.227 e. The van der Waals surface area contributed by atoms with E-state index in [1.165, 1.54) is 10.9 Å². The number of hydrogen-bond donors (Lipinski definition) is 0. The van der Waals surface area contributed by atoms with E-state index in [0.29, 0.717) is 5.89 Å². The van der Waals surface area contributed by atoms with Gasteiger partial charge in [0.1, 0.15) is 5.52 Å². The summed E-state index contributed by atoms with van der Waals surface area (Å²) in [6, 6.07) is 20.8. The largest absolute Gasteiger partial charge is 0.435 e. The van der Waals surface area contributed by atoms with E-state index in [4.69, 9.17) is 4.42 Å². The number of hydrogen-bond acceptors (Lipinski definition) is 2. The van der Waals surface area contributed by atoms with Gasteiger partial charge in [0.05, 0.1) is 0 Å². The molecule has 0 N–H and O–H groups in total. The van der Waals surface area contributed by atoms with E-state index in [1.807, 2.05) is 18.2 Å². The topological polar surface area (TPSA) is 26.0 Å². The molecule has 0 saturated heterocycles. The lowest BCUT2D eigenvalue weighted by atomic mass is 9.87. The Labute approximate surface area is 135 Å². The Balaban J connectivity index is 1.84. The molecule has 114 valence electrons. The molecule has 23 heavy (non-hydrogen) atoms. The van der Waals surface area contributed by atoms with Crippen LogP contribution < -0.4 is 0 Å². The fraction of sp³-hybridized carbons (Fsp3) is 0.190. The smallest absolute Gasteiger partial charge is 0.227 e. The van der Waals surface area contributed by atoms with Crippen molar-refractivity contribution in [2.75, 3.05) is 0 Å². The Kier molecular flexibility index (Phi) is 3.02. The van der Waals surface area contributed by atoms with Gasteiger partial charge in [-0.25, -0.2) is 4.98 Å². The highest BCUT2D eigenvalue weighted by molar-refractivity contribution is 6.03. The number of benzene rings is 3. The standard InChI is InChI=1S/C21H19NO/c1-21(2,3)16-11-8-15(9-12-16)20-22-18-13-10-14-6-4-5-7-17(14)19(18)23-20/h4-13H,1-3H3. The molecule has 0 unspecified atom stereocenters. The SMILES string of the molecule is CC(C)(C)c1ccc(-c2nc3ccc4ccccc4c3o2)cc1. The Morgan fingerprint density at radius 3 is 2.30 bits per heavy atom. The first-order valence-electron chi connectivity index (χ1n) is 7.91. The van der Waals surface area contributed by atoms with Gasteiger partial charge >= 0.3 is 0 Å². The molecule has 2 heteroatoms. The van der Waals surface area contributed by atoms with Crippen molar-refractivity contribution in [3.05, 3.63) is 66.2 Å². The summed E-state index contributed by atoms with van der Waals surface area (Å²) in [5.74, 6) is 0.678. The maximum absolute atomic E-state index is 6.08. The molecule has 1 heterocycles. The first kappa shape index (κ1) is 14.0. The van der Waals surface area contributed by atoms with E-state index >= 15 is 0 Å². The van der Waals surface area contributed by atoms with Crippen molar-refractivity contribution < 1.29 is 4.42 Å². The highest BCUT2D eigenvalue weighted by Gasteiger charge is 2.15. The number of oxazole rings is 1. The average molecular weight is 301 g/mol. The van der Waals surface area contributed by atoms with Crippen LogP contribution in [0.4, 0.5) is 0 Å². The van der Waals surface area contributed by atoms with Crippen molar-refractivity contribution in [1.29, 1.82) is 0 Å². The Morgan fingerprint density at radius 2 is 1.57 bits per heavy atom. The van der Waals surface area contributed by atoms with E-state index < -0.39 is 0 Å². The lowest BCUT2D eigenvalue weighted by molar-refractivity contribution is 0.589. The number of aromatic nitrogens is 1. The molecule has 0 aliphatic heterocycles. The predicted octanol–water partition coefficient (Wildman–Crippen LogP) is 5.95. The Hall–Kier alpha value is -2.61. The van der Waals surface area contributed by atoms with Crippen LogP contribution >= 0.6 is 0 Å². The van der Waals surface area contributed by atoms with Gasteiger partial charge in [0.2, 0.25) is 5.89 Å². The Bertz CT molecular complexity index is 988. The van der Waals surface area contributed by atoms with Crippen LogP contribution in [-0.2, 0) is 5.41 Å². The number of fused-ring (bicyclic) bond motifs is 3. The predicted molar refractivity (Wildman–Crippen MR) is 95.7 cm³/mol. The van der Waals surface area contributed by atoms with E-state index in [9.17, 15) is 0 Å². The van der Waals surface area contributed by atoms with Crippen molar-refractivity contribution in [2.24, 2.45) is 0 Å². The minimum absolute atomic E-state index is 0.149. The Morgan fingerprint density at radius 1 is 0.826 bits per heavy atom. The minimum Gasteiger partial charge on any atom is -0.435 e. The highest BCUT2D eigenvalue weighted by atomic mass is 16.3. The van der Waals surface area contributed by atoms with Crippen LogP contribution in [0.2, 0.25) is 0 Å². The molecule has 0 amide bonds. The molecule has 0 radical (unpaired) electrons. The minimum atomic E-state index is 0.149. The van der Waals surface area contributed by atoms with Crippen molar-refractivity contribution in [3.8, 4) is 11.5 Å². The van der Waals surface area contributed by atoms with Crippen molar-refractivity contribution >= 4 is 21.9 Å². The zero-order valence-electron chi connectivity index (χ0n) is 13.6. The summed E-state index contributed by atoms with van der Waals surface area (Å²) < 4.78 is 6.08. The molecular formula is C21H19NO. The van der Waals surface area contributed by atoms with E-state index in [1.54, 1.807) is 0 Å². The van der Waals surface area contributed by atoms with Gasteiger partial charge in [0.15, 0.2) is 5.58 Å². The lowest BCUT2D eigenvalue weighted by Gasteiger charge is -2.18. The van der Waals surface area contributed by atoms with Gasteiger partial charge in [-0.05, 0) is 34.6 Å². The fourth-order valence-electron chi connectivity index (χ4n) is 2.89. The molecular weight excluding hydrogens is 282 g/mol. The van der Waals surface area contributed by atoms with Gasteiger partial charge in [0, 0.05) is 10.9 Å². The third-order valence-electron chi connectivity index (χ3n) is 4.28. The molecule has 0 spiro atoms.